The second-order valence-corrected chi connectivity index (χ2v) is 8.40. The van der Waals surface area contributed by atoms with E-state index in [0.29, 0.717) is 10.7 Å². The first-order valence-corrected chi connectivity index (χ1v) is 8.86. The molecule has 0 aromatic heterocycles. The van der Waals surface area contributed by atoms with E-state index >= 15 is 0 Å². The van der Waals surface area contributed by atoms with Gasteiger partial charge in [-0.3, -0.25) is 4.72 Å². The molecule has 5 heteroatoms. The van der Waals surface area contributed by atoms with E-state index in [1.54, 1.807) is 18.2 Å². The quantitative estimate of drug-likeness (QED) is 0.878. The molecule has 0 atom stereocenters. The van der Waals surface area contributed by atoms with E-state index in [1.807, 2.05) is 45.9 Å². The second kappa shape index (κ2) is 5.94. The van der Waals surface area contributed by atoms with Crippen molar-refractivity contribution in [2.75, 3.05) is 4.72 Å². The van der Waals surface area contributed by atoms with Gasteiger partial charge in [0.15, 0.2) is 0 Å². The fourth-order valence-corrected chi connectivity index (χ4v) is 3.52. The van der Waals surface area contributed by atoms with E-state index in [4.69, 9.17) is 11.6 Å². The zero-order valence-electron chi connectivity index (χ0n) is 13.1. The molecule has 0 heterocycles. The van der Waals surface area contributed by atoms with Crippen molar-refractivity contribution in [3.05, 3.63) is 58.6 Å². The van der Waals surface area contributed by atoms with Crippen LogP contribution in [0.5, 0.6) is 0 Å². The smallest absolute Gasteiger partial charge is 0.261 e. The Hall–Kier alpha value is -1.52. The third-order valence-electron chi connectivity index (χ3n) is 3.43. The molecule has 2 aromatic rings. The minimum absolute atomic E-state index is 0.159. The van der Waals surface area contributed by atoms with Gasteiger partial charge in [0, 0.05) is 5.02 Å². The van der Waals surface area contributed by atoms with Gasteiger partial charge in [0.05, 0.1) is 10.6 Å². The average molecular weight is 338 g/mol. The zero-order valence-corrected chi connectivity index (χ0v) is 14.7. The van der Waals surface area contributed by atoms with Crippen molar-refractivity contribution in [3.8, 4) is 0 Å². The van der Waals surface area contributed by atoms with E-state index < -0.39 is 10.0 Å². The molecule has 118 valence electrons. The van der Waals surface area contributed by atoms with Crippen LogP contribution in [0.4, 0.5) is 5.69 Å². The number of sulfonamides is 1. The predicted octanol–water partition coefficient (Wildman–Crippen LogP) is 4.75. The normalized spacial score (nSPS) is 12.2. The van der Waals surface area contributed by atoms with Crippen LogP contribution < -0.4 is 4.72 Å². The van der Waals surface area contributed by atoms with Crippen molar-refractivity contribution in [2.24, 2.45) is 0 Å². The van der Waals surface area contributed by atoms with Crippen LogP contribution in [0.15, 0.2) is 47.4 Å². The largest absolute Gasteiger partial charge is 0.279 e. The zero-order chi connectivity index (χ0) is 16.5. The molecule has 0 bridgehead atoms. The first-order chi connectivity index (χ1) is 10.1. The van der Waals surface area contributed by atoms with Crippen LogP contribution in [0.25, 0.3) is 0 Å². The Morgan fingerprint density at radius 2 is 1.68 bits per heavy atom. The van der Waals surface area contributed by atoms with E-state index in [-0.39, 0.29) is 10.3 Å². The molecule has 0 saturated carbocycles. The van der Waals surface area contributed by atoms with Gasteiger partial charge in [-0.05, 0) is 41.7 Å². The topological polar surface area (TPSA) is 46.2 Å². The maximum Gasteiger partial charge on any atom is 0.261 e. The summed E-state index contributed by atoms with van der Waals surface area (Å²) in [7, 11) is -3.67. The van der Waals surface area contributed by atoms with Gasteiger partial charge in [0.2, 0.25) is 0 Å². The van der Waals surface area contributed by atoms with Gasteiger partial charge in [-0.15, -0.1) is 0 Å². The van der Waals surface area contributed by atoms with Crippen LogP contribution in [-0.4, -0.2) is 8.42 Å². The Labute approximate surface area is 137 Å². The molecule has 3 nitrogen and oxygen atoms in total. The third-order valence-corrected chi connectivity index (χ3v) is 5.20. The molecular weight excluding hydrogens is 318 g/mol. The summed E-state index contributed by atoms with van der Waals surface area (Å²) in [5, 5.41) is 0.437. The van der Waals surface area contributed by atoms with E-state index in [9.17, 15) is 8.42 Å². The number of benzene rings is 2. The summed E-state index contributed by atoms with van der Waals surface area (Å²) in [6.07, 6.45) is 0. The van der Waals surface area contributed by atoms with E-state index in [2.05, 4.69) is 4.72 Å². The Balaban J connectivity index is 2.44. The lowest BCUT2D eigenvalue weighted by Gasteiger charge is -2.23. The van der Waals surface area contributed by atoms with Crippen LogP contribution in [0.1, 0.15) is 31.9 Å². The molecule has 0 aliphatic heterocycles. The van der Waals surface area contributed by atoms with Crippen LogP contribution in [0.2, 0.25) is 5.02 Å². The molecule has 0 aliphatic rings. The lowest BCUT2D eigenvalue weighted by atomic mass is 9.86. The van der Waals surface area contributed by atoms with Crippen LogP contribution in [-0.2, 0) is 15.4 Å². The van der Waals surface area contributed by atoms with Crippen molar-refractivity contribution in [1.29, 1.82) is 0 Å². The highest BCUT2D eigenvalue weighted by Crippen LogP contribution is 2.31. The standard InChI is InChI=1S/C17H20ClNO2S/c1-12-9-10-13(11-15(12)18)22(20,21)19-16-8-6-5-7-14(16)17(2,3)4/h5-11,19H,1-4H3. The SMILES string of the molecule is Cc1ccc(S(=O)(=O)Nc2ccccc2C(C)(C)C)cc1Cl. The number of hydrogen-bond donors (Lipinski definition) is 1. The minimum Gasteiger partial charge on any atom is -0.279 e. The van der Waals surface area contributed by atoms with Gasteiger partial charge in [0.1, 0.15) is 0 Å². The number of nitrogens with one attached hydrogen (secondary N) is 1. The number of hydrogen-bond acceptors (Lipinski definition) is 2. The molecule has 22 heavy (non-hydrogen) atoms. The maximum absolute atomic E-state index is 12.6. The number of halogens is 1. The minimum atomic E-state index is -3.67. The molecule has 2 rings (SSSR count). The van der Waals surface area contributed by atoms with Gasteiger partial charge in [-0.2, -0.15) is 0 Å². The number of para-hydroxylation sites is 1. The van der Waals surface area contributed by atoms with Crippen molar-refractivity contribution < 1.29 is 8.42 Å². The summed E-state index contributed by atoms with van der Waals surface area (Å²) >= 11 is 6.03. The monoisotopic (exact) mass is 337 g/mol. The molecule has 0 aliphatic carbocycles. The van der Waals surface area contributed by atoms with E-state index in [0.717, 1.165) is 11.1 Å². The summed E-state index contributed by atoms with van der Waals surface area (Å²) in [4.78, 5) is 0.159. The molecule has 1 N–H and O–H groups in total. The lowest BCUT2D eigenvalue weighted by Crippen LogP contribution is -2.19. The van der Waals surface area contributed by atoms with Crippen LogP contribution >= 0.6 is 11.6 Å². The van der Waals surface area contributed by atoms with Crippen molar-refractivity contribution in [1.82, 2.24) is 0 Å². The maximum atomic E-state index is 12.6. The van der Waals surface area contributed by atoms with E-state index in [1.165, 1.54) is 6.07 Å². The van der Waals surface area contributed by atoms with Gasteiger partial charge >= 0.3 is 0 Å². The van der Waals surface area contributed by atoms with Crippen molar-refractivity contribution in [3.63, 3.8) is 0 Å². The first-order valence-electron chi connectivity index (χ1n) is 7.00. The average Bonchev–Trinajstić information content (AvgIpc) is 2.40. The lowest BCUT2D eigenvalue weighted by molar-refractivity contribution is 0.590. The van der Waals surface area contributed by atoms with Gasteiger partial charge in [-0.1, -0.05) is 56.6 Å². The van der Waals surface area contributed by atoms with Crippen molar-refractivity contribution >= 4 is 27.3 Å². The molecular formula is C17H20ClNO2S. The molecule has 0 radical (unpaired) electrons. The Morgan fingerprint density at radius 1 is 1.05 bits per heavy atom. The Bertz CT molecular complexity index is 793. The predicted molar refractivity (Wildman–Crippen MR) is 92.1 cm³/mol. The van der Waals surface area contributed by atoms with Crippen molar-refractivity contribution in [2.45, 2.75) is 38.0 Å². The summed E-state index contributed by atoms with van der Waals surface area (Å²) in [5.41, 5.74) is 2.21. The Morgan fingerprint density at radius 3 is 2.27 bits per heavy atom. The first kappa shape index (κ1) is 16.8. The molecule has 0 unspecified atom stereocenters. The molecule has 2 aromatic carbocycles. The summed E-state index contributed by atoms with van der Waals surface area (Å²) in [6.45, 7) is 7.97. The number of rotatable bonds is 3. The molecule has 0 amide bonds. The molecule has 0 fully saturated rings. The molecule has 0 spiro atoms. The highest BCUT2D eigenvalue weighted by atomic mass is 35.5. The highest BCUT2D eigenvalue weighted by molar-refractivity contribution is 7.92. The summed E-state index contributed by atoms with van der Waals surface area (Å²) in [5.74, 6) is 0. The van der Waals surface area contributed by atoms with Gasteiger partial charge in [-0.25, -0.2) is 8.42 Å². The third kappa shape index (κ3) is 3.62. The van der Waals surface area contributed by atoms with Gasteiger partial charge < -0.3 is 0 Å². The highest BCUT2D eigenvalue weighted by Gasteiger charge is 2.22. The van der Waals surface area contributed by atoms with Crippen LogP contribution in [0, 0.1) is 6.92 Å². The fraction of sp³-hybridized carbons (Fsp3) is 0.294. The second-order valence-electron chi connectivity index (χ2n) is 6.31. The van der Waals surface area contributed by atoms with Gasteiger partial charge in [0.25, 0.3) is 10.0 Å². The fourth-order valence-electron chi connectivity index (χ4n) is 2.17. The molecule has 0 saturated heterocycles. The number of anilines is 1. The number of aryl methyl sites for hydroxylation is 1. The van der Waals surface area contributed by atoms with Crippen LogP contribution in [0.3, 0.4) is 0 Å². The summed E-state index contributed by atoms with van der Waals surface area (Å²) < 4.78 is 27.8. The summed E-state index contributed by atoms with van der Waals surface area (Å²) in [6, 6.07) is 12.2. The Kier molecular flexibility index (Phi) is 4.54.